The Kier molecular flexibility index (Phi) is 7.51. The smallest absolute Gasteiger partial charge is 0.266 e. The molecule has 8 nitrogen and oxygen atoms in total. The molecule has 2 heterocycles. The molecule has 198 valence electrons. The van der Waals surface area contributed by atoms with Crippen molar-refractivity contribution in [3.05, 3.63) is 78.4 Å². The molecule has 0 unspecified atom stereocenters. The van der Waals surface area contributed by atoms with Crippen LogP contribution in [0.4, 0.5) is 11.4 Å². The third-order valence-corrected chi connectivity index (χ3v) is 6.82. The van der Waals surface area contributed by atoms with E-state index in [0.717, 1.165) is 24.1 Å². The number of fused-ring (bicyclic) bond motifs is 1. The minimum Gasteiger partial charge on any atom is -0.494 e. The SMILES string of the molecule is CCCCOc1ccc([C@@H]2[C@H]3C(=O)N(c4ccc(OCC)cc4)C(=O)[C@@H]3ON2c2ccccc2)cc1OC. The fraction of sp³-hybridized carbons (Fsp3) is 0.333. The van der Waals surface area contributed by atoms with Gasteiger partial charge in [0.25, 0.3) is 5.91 Å². The number of anilines is 2. The van der Waals surface area contributed by atoms with Crippen LogP contribution in [0.1, 0.15) is 38.3 Å². The zero-order valence-corrected chi connectivity index (χ0v) is 21.8. The molecule has 38 heavy (non-hydrogen) atoms. The molecule has 0 N–H and O–H groups in total. The molecule has 0 aliphatic carbocycles. The number of benzene rings is 3. The molecule has 3 aromatic carbocycles. The van der Waals surface area contributed by atoms with Crippen LogP contribution < -0.4 is 24.2 Å². The number of amides is 2. The van der Waals surface area contributed by atoms with Crippen molar-refractivity contribution in [1.29, 1.82) is 0 Å². The molecule has 5 rings (SSSR count). The van der Waals surface area contributed by atoms with E-state index >= 15 is 0 Å². The average molecular weight is 517 g/mol. The van der Waals surface area contributed by atoms with Gasteiger partial charge in [0.05, 0.1) is 37.7 Å². The second kappa shape index (κ2) is 11.1. The lowest BCUT2D eigenvalue weighted by molar-refractivity contribution is -0.126. The van der Waals surface area contributed by atoms with Crippen LogP contribution in [-0.2, 0) is 14.4 Å². The van der Waals surface area contributed by atoms with Crippen molar-refractivity contribution in [1.82, 2.24) is 0 Å². The number of imide groups is 1. The summed E-state index contributed by atoms with van der Waals surface area (Å²) in [6, 6.07) is 21.5. The second-order valence-electron chi connectivity index (χ2n) is 9.21. The highest BCUT2D eigenvalue weighted by atomic mass is 16.7. The van der Waals surface area contributed by atoms with Gasteiger partial charge in [-0.05, 0) is 67.4 Å². The lowest BCUT2D eigenvalue weighted by Crippen LogP contribution is -2.37. The van der Waals surface area contributed by atoms with Crippen LogP contribution in [-0.4, -0.2) is 38.2 Å². The zero-order valence-electron chi connectivity index (χ0n) is 21.8. The summed E-state index contributed by atoms with van der Waals surface area (Å²) < 4.78 is 17.1. The Morgan fingerprint density at radius 2 is 1.61 bits per heavy atom. The first-order valence-corrected chi connectivity index (χ1v) is 13.0. The number of ether oxygens (including phenoxy) is 3. The molecule has 0 saturated carbocycles. The van der Waals surface area contributed by atoms with E-state index in [-0.39, 0.29) is 11.8 Å². The standard InChI is InChI=1S/C30H32N2O6/c1-4-6-18-37-24-17-12-20(19-25(24)35-3)27-26-28(38-32(27)22-10-8-7-9-11-22)30(34)31(29(26)33)21-13-15-23(16-14-21)36-5-2/h7-17,19,26-28H,4-6,18H2,1-3H3/t26-,27-,28-/m1/s1. The number of nitrogens with zero attached hydrogens (tertiary/aromatic N) is 2. The highest BCUT2D eigenvalue weighted by molar-refractivity contribution is 6.23. The first-order chi connectivity index (χ1) is 18.6. The maximum absolute atomic E-state index is 13.9. The normalized spacial score (nSPS) is 20.6. The summed E-state index contributed by atoms with van der Waals surface area (Å²) in [4.78, 5) is 34.9. The van der Waals surface area contributed by atoms with Crippen molar-refractivity contribution in [2.45, 2.75) is 38.8 Å². The molecule has 2 amide bonds. The monoisotopic (exact) mass is 516 g/mol. The summed E-state index contributed by atoms with van der Waals surface area (Å²) in [6.07, 6.45) is 1.01. The van der Waals surface area contributed by atoms with Crippen LogP contribution in [0, 0.1) is 5.92 Å². The van der Waals surface area contributed by atoms with E-state index in [2.05, 4.69) is 6.92 Å². The summed E-state index contributed by atoms with van der Waals surface area (Å²) in [6.45, 7) is 5.12. The highest BCUT2D eigenvalue weighted by Crippen LogP contribution is 2.48. The van der Waals surface area contributed by atoms with Crippen LogP contribution in [0.5, 0.6) is 17.2 Å². The van der Waals surface area contributed by atoms with Gasteiger partial charge in [-0.25, -0.2) is 9.96 Å². The molecule has 3 aromatic rings. The van der Waals surface area contributed by atoms with E-state index in [4.69, 9.17) is 19.0 Å². The summed E-state index contributed by atoms with van der Waals surface area (Å²) in [7, 11) is 1.59. The Labute approximate surface area is 222 Å². The third kappa shape index (κ3) is 4.67. The molecule has 2 aliphatic heterocycles. The predicted molar refractivity (Wildman–Crippen MR) is 144 cm³/mol. The van der Waals surface area contributed by atoms with Crippen LogP contribution in [0.3, 0.4) is 0 Å². The maximum Gasteiger partial charge on any atom is 0.266 e. The van der Waals surface area contributed by atoms with E-state index in [9.17, 15) is 9.59 Å². The molecule has 0 spiro atoms. The van der Waals surface area contributed by atoms with E-state index in [1.165, 1.54) is 4.90 Å². The molecule has 0 aromatic heterocycles. The number of carbonyl (C=O) groups is 2. The largest absolute Gasteiger partial charge is 0.494 e. The lowest BCUT2D eigenvalue weighted by atomic mass is 9.90. The van der Waals surface area contributed by atoms with Gasteiger partial charge >= 0.3 is 0 Å². The second-order valence-corrected chi connectivity index (χ2v) is 9.21. The maximum atomic E-state index is 13.9. The fourth-order valence-electron chi connectivity index (χ4n) is 4.98. The number of carbonyl (C=O) groups excluding carboxylic acids is 2. The molecular formula is C30H32N2O6. The van der Waals surface area contributed by atoms with Gasteiger partial charge in [-0.15, -0.1) is 0 Å². The summed E-state index contributed by atoms with van der Waals surface area (Å²) in [5, 5.41) is 1.67. The number of hydrogen-bond donors (Lipinski definition) is 0. The molecule has 8 heteroatoms. The van der Waals surface area contributed by atoms with Crippen molar-refractivity contribution in [3.8, 4) is 17.2 Å². The van der Waals surface area contributed by atoms with E-state index in [1.807, 2.05) is 55.5 Å². The lowest BCUT2D eigenvalue weighted by Gasteiger charge is -2.29. The summed E-state index contributed by atoms with van der Waals surface area (Å²) in [5.41, 5.74) is 2.03. The zero-order chi connectivity index (χ0) is 26.6. The Hall–Kier alpha value is -4.04. The Morgan fingerprint density at radius 3 is 2.29 bits per heavy atom. The van der Waals surface area contributed by atoms with Crippen molar-refractivity contribution < 1.29 is 28.6 Å². The first-order valence-electron chi connectivity index (χ1n) is 13.0. The first kappa shape index (κ1) is 25.6. The van der Waals surface area contributed by atoms with Gasteiger partial charge in [-0.3, -0.25) is 14.4 Å². The van der Waals surface area contributed by atoms with Crippen molar-refractivity contribution >= 4 is 23.2 Å². The predicted octanol–water partition coefficient (Wildman–Crippen LogP) is 5.32. The highest BCUT2D eigenvalue weighted by Gasteiger charge is 2.60. The average Bonchev–Trinajstić information content (AvgIpc) is 3.46. The van der Waals surface area contributed by atoms with Crippen molar-refractivity contribution in [2.24, 2.45) is 5.92 Å². The Balaban J connectivity index is 1.51. The van der Waals surface area contributed by atoms with Crippen molar-refractivity contribution in [2.75, 3.05) is 30.3 Å². The molecule has 2 saturated heterocycles. The number of para-hydroxylation sites is 1. The quantitative estimate of drug-likeness (QED) is 0.266. The number of rotatable bonds is 10. The molecule has 2 aliphatic rings. The van der Waals surface area contributed by atoms with E-state index in [0.29, 0.717) is 36.1 Å². The topological polar surface area (TPSA) is 77.5 Å². The fourth-order valence-corrected chi connectivity index (χ4v) is 4.98. The minimum atomic E-state index is -0.953. The van der Waals surface area contributed by atoms with Crippen LogP contribution in [0.25, 0.3) is 0 Å². The molecule has 0 bridgehead atoms. The molecule has 0 radical (unpaired) electrons. The van der Waals surface area contributed by atoms with Gasteiger partial charge in [-0.1, -0.05) is 37.6 Å². The van der Waals surface area contributed by atoms with Gasteiger partial charge in [0, 0.05) is 0 Å². The van der Waals surface area contributed by atoms with Crippen molar-refractivity contribution in [3.63, 3.8) is 0 Å². The Bertz CT molecular complexity index is 1280. The summed E-state index contributed by atoms with van der Waals surface area (Å²) >= 11 is 0. The number of hydrogen-bond acceptors (Lipinski definition) is 7. The van der Waals surface area contributed by atoms with Gasteiger partial charge in [0.1, 0.15) is 11.7 Å². The molecule has 3 atom stereocenters. The Morgan fingerprint density at radius 1 is 0.842 bits per heavy atom. The number of hydroxylamine groups is 1. The van der Waals surface area contributed by atoms with E-state index in [1.54, 1.807) is 36.4 Å². The van der Waals surface area contributed by atoms with Gasteiger partial charge in [0.2, 0.25) is 5.91 Å². The molecular weight excluding hydrogens is 484 g/mol. The van der Waals surface area contributed by atoms with Crippen LogP contribution >= 0.6 is 0 Å². The minimum absolute atomic E-state index is 0.310. The van der Waals surface area contributed by atoms with Crippen LogP contribution in [0.15, 0.2) is 72.8 Å². The van der Waals surface area contributed by atoms with E-state index < -0.39 is 18.1 Å². The van der Waals surface area contributed by atoms with Gasteiger partial charge in [-0.2, -0.15) is 0 Å². The van der Waals surface area contributed by atoms with Gasteiger partial charge < -0.3 is 14.2 Å². The molecule has 2 fully saturated rings. The number of unbranched alkanes of at least 4 members (excludes halogenated alkanes) is 1. The van der Waals surface area contributed by atoms with Gasteiger partial charge in [0.15, 0.2) is 17.6 Å². The number of methoxy groups -OCH3 is 1. The summed E-state index contributed by atoms with van der Waals surface area (Å²) in [5.74, 6) is 0.430. The third-order valence-electron chi connectivity index (χ3n) is 6.82. The van der Waals surface area contributed by atoms with Crippen LogP contribution in [0.2, 0.25) is 0 Å².